The molecule has 0 bridgehead atoms. The smallest absolute Gasteiger partial charge is 0.257 e. The van der Waals surface area contributed by atoms with Crippen LogP contribution >= 0.6 is 11.8 Å². The number of benzene rings is 1. The fraction of sp³-hybridized carbons (Fsp3) is 0.0769. The Hall–Kier alpha value is -2.01. The molecule has 0 spiro atoms. The SMILES string of the molecule is CSc1cccc(NC(=O)c2cncc(O)c2)c1. The molecule has 0 aliphatic heterocycles. The first-order valence-corrected chi connectivity index (χ1v) is 6.51. The molecule has 0 aliphatic carbocycles. The number of hydrogen-bond donors (Lipinski definition) is 2. The summed E-state index contributed by atoms with van der Waals surface area (Å²) in [6, 6.07) is 8.92. The molecule has 1 aromatic carbocycles. The van der Waals surface area contributed by atoms with E-state index < -0.39 is 0 Å². The quantitative estimate of drug-likeness (QED) is 0.833. The fourth-order valence-electron chi connectivity index (χ4n) is 1.46. The van der Waals surface area contributed by atoms with E-state index in [1.165, 1.54) is 18.5 Å². The topological polar surface area (TPSA) is 62.2 Å². The standard InChI is InChI=1S/C13H12N2O2S/c1-18-12-4-2-3-10(6-12)15-13(17)9-5-11(16)8-14-7-9/h2-8,16H,1H3,(H,15,17). The first-order valence-electron chi connectivity index (χ1n) is 5.28. The average molecular weight is 260 g/mol. The summed E-state index contributed by atoms with van der Waals surface area (Å²) in [6.45, 7) is 0. The summed E-state index contributed by atoms with van der Waals surface area (Å²) in [5.41, 5.74) is 1.04. The highest BCUT2D eigenvalue weighted by molar-refractivity contribution is 7.98. The Balaban J connectivity index is 2.16. The minimum absolute atomic E-state index is 0.0273. The second kappa shape index (κ2) is 5.55. The predicted octanol–water partition coefficient (Wildman–Crippen LogP) is 2.76. The summed E-state index contributed by atoms with van der Waals surface area (Å²) in [4.78, 5) is 16.7. The highest BCUT2D eigenvalue weighted by Crippen LogP contribution is 2.19. The van der Waals surface area contributed by atoms with Gasteiger partial charge in [-0.3, -0.25) is 9.78 Å². The molecule has 0 saturated heterocycles. The molecule has 0 unspecified atom stereocenters. The lowest BCUT2D eigenvalue weighted by Gasteiger charge is -2.06. The number of anilines is 1. The lowest BCUT2D eigenvalue weighted by molar-refractivity contribution is 0.102. The first kappa shape index (κ1) is 12.4. The summed E-state index contributed by atoms with van der Waals surface area (Å²) in [5.74, 6) is -0.322. The number of rotatable bonds is 3. The van der Waals surface area contributed by atoms with Crippen molar-refractivity contribution in [3.63, 3.8) is 0 Å². The Bertz CT molecular complexity index is 572. The number of nitrogens with one attached hydrogen (secondary N) is 1. The van der Waals surface area contributed by atoms with Crippen molar-refractivity contribution in [2.75, 3.05) is 11.6 Å². The van der Waals surface area contributed by atoms with E-state index in [4.69, 9.17) is 0 Å². The van der Waals surface area contributed by atoms with Crippen LogP contribution in [-0.2, 0) is 0 Å². The maximum Gasteiger partial charge on any atom is 0.257 e. The maximum atomic E-state index is 11.9. The van der Waals surface area contributed by atoms with Gasteiger partial charge in [0.25, 0.3) is 5.91 Å². The molecule has 2 aromatic rings. The van der Waals surface area contributed by atoms with Gasteiger partial charge in [-0.15, -0.1) is 11.8 Å². The lowest BCUT2D eigenvalue weighted by atomic mass is 10.2. The Morgan fingerprint density at radius 1 is 1.33 bits per heavy atom. The molecule has 0 radical (unpaired) electrons. The Morgan fingerprint density at radius 3 is 2.89 bits per heavy atom. The van der Waals surface area contributed by atoms with Crippen LogP contribution in [0, 0.1) is 0 Å². The highest BCUT2D eigenvalue weighted by atomic mass is 32.2. The van der Waals surface area contributed by atoms with Crippen LogP contribution in [0.2, 0.25) is 0 Å². The molecular formula is C13H12N2O2S. The summed E-state index contributed by atoms with van der Waals surface area (Å²) < 4.78 is 0. The van der Waals surface area contributed by atoms with Crippen molar-refractivity contribution in [3.05, 3.63) is 48.3 Å². The van der Waals surface area contributed by atoms with E-state index in [-0.39, 0.29) is 11.7 Å². The van der Waals surface area contributed by atoms with E-state index in [9.17, 15) is 9.90 Å². The molecule has 4 nitrogen and oxygen atoms in total. The number of aromatic nitrogens is 1. The summed E-state index contributed by atoms with van der Waals surface area (Å²) in [7, 11) is 0. The van der Waals surface area contributed by atoms with Gasteiger partial charge < -0.3 is 10.4 Å². The van der Waals surface area contributed by atoms with Crippen molar-refractivity contribution >= 4 is 23.4 Å². The minimum Gasteiger partial charge on any atom is -0.506 e. The number of pyridine rings is 1. The molecular weight excluding hydrogens is 248 g/mol. The Kier molecular flexibility index (Phi) is 3.84. The van der Waals surface area contributed by atoms with Gasteiger partial charge in [-0.25, -0.2) is 0 Å². The Morgan fingerprint density at radius 2 is 2.17 bits per heavy atom. The molecule has 0 saturated carbocycles. The van der Waals surface area contributed by atoms with Crippen LogP contribution in [0.4, 0.5) is 5.69 Å². The fourth-order valence-corrected chi connectivity index (χ4v) is 1.92. The predicted molar refractivity (Wildman–Crippen MR) is 72.1 cm³/mol. The van der Waals surface area contributed by atoms with Crippen LogP contribution in [0.15, 0.2) is 47.6 Å². The zero-order valence-corrected chi connectivity index (χ0v) is 10.6. The van der Waals surface area contributed by atoms with Gasteiger partial charge in [0.05, 0.1) is 11.8 Å². The van der Waals surface area contributed by atoms with Gasteiger partial charge >= 0.3 is 0 Å². The molecule has 0 aliphatic rings. The molecule has 92 valence electrons. The maximum absolute atomic E-state index is 11.9. The normalized spacial score (nSPS) is 10.1. The van der Waals surface area contributed by atoms with Gasteiger partial charge in [-0.2, -0.15) is 0 Å². The van der Waals surface area contributed by atoms with Gasteiger partial charge in [0, 0.05) is 16.8 Å². The molecule has 5 heteroatoms. The third kappa shape index (κ3) is 3.01. The van der Waals surface area contributed by atoms with Crippen LogP contribution in [0.5, 0.6) is 5.75 Å². The van der Waals surface area contributed by atoms with Gasteiger partial charge in [-0.05, 0) is 30.5 Å². The molecule has 1 heterocycles. The molecule has 2 N–H and O–H groups in total. The largest absolute Gasteiger partial charge is 0.506 e. The van der Waals surface area contributed by atoms with E-state index in [2.05, 4.69) is 10.3 Å². The van der Waals surface area contributed by atoms with Gasteiger partial charge in [-0.1, -0.05) is 6.07 Å². The van der Waals surface area contributed by atoms with Crippen LogP contribution in [0.3, 0.4) is 0 Å². The lowest BCUT2D eigenvalue weighted by Crippen LogP contribution is -2.11. The minimum atomic E-state index is -0.295. The van der Waals surface area contributed by atoms with Crippen molar-refractivity contribution in [1.82, 2.24) is 4.98 Å². The molecule has 2 rings (SSSR count). The summed E-state index contributed by atoms with van der Waals surface area (Å²) in [6.07, 6.45) is 4.67. The number of hydrogen-bond acceptors (Lipinski definition) is 4. The zero-order chi connectivity index (χ0) is 13.0. The average Bonchev–Trinajstić information content (AvgIpc) is 2.39. The van der Waals surface area contributed by atoms with Crippen molar-refractivity contribution in [2.45, 2.75) is 4.90 Å². The number of thioether (sulfide) groups is 1. The number of carbonyl (C=O) groups excluding carboxylic acids is 1. The highest BCUT2D eigenvalue weighted by Gasteiger charge is 2.07. The number of carbonyl (C=O) groups is 1. The molecule has 1 aromatic heterocycles. The van der Waals surface area contributed by atoms with Crippen LogP contribution < -0.4 is 5.32 Å². The zero-order valence-electron chi connectivity index (χ0n) is 9.75. The third-order valence-corrected chi connectivity index (χ3v) is 3.04. The monoisotopic (exact) mass is 260 g/mol. The second-order valence-corrected chi connectivity index (χ2v) is 4.50. The number of aromatic hydroxyl groups is 1. The van der Waals surface area contributed by atoms with E-state index in [0.717, 1.165) is 10.6 Å². The molecule has 1 amide bonds. The summed E-state index contributed by atoms with van der Waals surface area (Å²) in [5, 5.41) is 12.0. The van der Waals surface area contributed by atoms with Crippen molar-refractivity contribution in [1.29, 1.82) is 0 Å². The van der Waals surface area contributed by atoms with Gasteiger partial charge in [0.1, 0.15) is 5.75 Å². The summed E-state index contributed by atoms with van der Waals surface area (Å²) >= 11 is 1.60. The van der Waals surface area contributed by atoms with E-state index in [1.54, 1.807) is 11.8 Å². The van der Waals surface area contributed by atoms with Gasteiger partial charge in [0.15, 0.2) is 0 Å². The van der Waals surface area contributed by atoms with Crippen molar-refractivity contribution in [2.24, 2.45) is 0 Å². The van der Waals surface area contributed by atoms with E-state index >= 15 is 0 Å². The van der Waals surface area contributed by atoms with Crippen LogP contribution in [0.25, 0.3) is 0 Å². The number of amides is 1. The molecule has 0 atom stereocenters. The Labute approximate surface area is 109 Å². The van der Waals surface area contributed by atoms with Crippen molar-refractivity contribution in [3.8, 4) is 5.75 Å². The van der Waals surface area contributed by atoms with E-state index in [1.807, 2.05) is 30.5 Å². The second-order valence-electron chi connectivity index (χ2n) is 3.62. The molecule has 18 heavy (non-hydrogen) atoms. The molecule has 0 fully saturated rings. The van der Waals surface area contributed by atoms with Gasteiger partial charge in [0.2, 0.25) is 0 Å². The third-order valence-electron chi connectivity index (χ3n) is 2.31. The van der Waals surface area contributed by atoms with Crippen LogP contribution in [-0.4, -0.2) is 22.3 Å². The van der Waals surface area contributed by atoms with E-state index in [0.29, 0.717) is 5.56 Å². The first-order chi connectivity index (χ1) is 8.69. The van der Waals surface area contributed by atoms with Crippen LogP contribution in [0.1, 0.15) is 10.4 Å². The van der Waals surface area contributed by atoms with Crippen molar-refractivity contribution < 1.29 is 9.90 Å². The number of nitrogens with zero attached hydrogens (tertiary/aromatic N) is 1.